The minimum atomic E-state index is 0.348. The molecule has 3 heteroatoms. The topological polar surface area (TPSA) is 43.1 Å². The molecule has 2 rings (SSSR count). The summed E-state index contributed by atoms with van der Waals surface area (Å²) in [7, 11) is 0. The van der Waals surface area contributed by atoms with Gasteiger partial charge in [-0.25, -0.2) is 0 Å². The van der Waals surface area contributed by atoms with Gasteiger partial charge in [-0.2, -0.15) is 0 Å². The number of Topliss-reactive ketones (excluding diaryl/α,β-unsaturated/α-hetero) is 1. The van der Waals surface area contributed by atoms with Crippen LogP contribution in [0.2, 0.25) is 0 Å². The molecule has 1 unspecified atom stereocenters. The SMILES string of the molecule is CC(C)C(CCN)CCC(=O)Cc1csc2ccccc12. The summed E-state index contributed by atoms with van der Waals surface area (Å²) in [5.74, 6) is 1.52. The summed E-state index contributed by atoms with van der Waals surface area (Å²) < 4.78 is 1.27. The summed E-state index contributed by atoms with van der Waals surface area (Å²) in [6.45, 7) is 5.15. The number of rotatable bonds is 8. The predicted molar refractivity (Wildman–Crippen MR) is 91.8 cm³/mol. The van der Waals surface area contributed by atoms with Crippen molar-refractivity contribution in [2.45, 2.75) is 39.5 Å². The fourth-order valence-electron chi connectivity index (χ4n) is 2.84. The van der Waals surface area contributed by atoms with Gasteiger partial charge in [0.15, 0.2) is 0 Å². The highest BCUT2D eigenvalue weighted by molar-refractivity contribution is 7.17. The van der Waals surface area contributed by atoms with Crippen LogP contribution in [0.4, 0.5) is 0 Å². The molecule has 1 aromatic heterocycles. The molecule has 0 aliphatic heterocycles. The standard InChI is InChI=1S/C18H25NOS/c1-13(2)14(9-10-19)7-8-16(20)11-15-12-21-18-6-4-3-5-17(15)18/h3-6,12-14H,7-11,19H2,1-2H3. The molecule has 1 heterocycles. The van der Waals surface area contributed by atoms with E-state index in [4.69, 9.17) is 5.73 Å². The molecule has 0 aliphatic carbocycles. The first-order valence-electron chi connectivity index (χ1n) is 7.78. The number of hydrogen-bond donors (Lipinski definition) is 1. The first-order valence-corrected chi connectivity index (χ1v) is 8.66. The third-order valence-electron chi connectivity index (χ3n) is 4.22. The molecule has 114 valence electrons. The number of carbonyl (C=O) groups is 1. The van der Waals surface area contributed by atoms with Gasteiger partial charge >= 0.3 is 0 Å². The number of carbonyl (C=O) groups excluding carboxylic acids is 1. The van der Waals surface area contributed by atoms with Crippen LogP contribution >= 0.6 is 11.3 Å². The van der Waals surface area contributed by atoms with Gasteiger partial charge in [0.05, 0.1) is 0 Å². The van der Waals surface area contributed by atoms with E-state index in [1.807, 2.05) is 12.1 Å². The van der Waals surface area contributed by atoms with E-state index in [1.165, 1.54) is 15.6 Å². The number of fused-ring (bicyclic) bond motifs is 1. The van der Waals surface area contributed by atoms with Crippen LogP contribution < -0.4 is 5.73 Å². The van der Waals surface area contributed by atoms with E-state index in [1.54, 1.807) is 11.3 Å². The average Bonchev–Trinajstić information content (AvgIpc) is 2.86. The Balaban J connectivity index is 1.92. The van der Waals surface area contributed by atoms with Crippen LogP contribution in [-0.2, 0) is 11.2 Å². The number of benzene rings is 1. The average molecular weight is 303 g/mol. The maximum absolute atomic E-state index is 12.3. The number of hydrogen-bond acceptors (Lipinski definition) is 3. The summed E-state index contributed by atoms with van der Waals surface area (Å²) in [4.78, 5) is 12.3. The lowest BCUT2D eigenvalue weighted by Gasteiger charge is -2.19. The first kappa shape index (κ1) is 16.2. The molecular weight excluding hydrogens is 278 g/mol. The van der Waals surface area contributed by atoms with Crippen molar-refractivity contribution in [3.8, 4) is 0 Å². The molecular formula is C18H25NOS. The quantitative estimate of drug-likeness (QED) is 0.784. The summed E-state index contributed by atoms with van der Waals surface area (Å²) in [6.07, 6.45) is 3.23. The maximum Gasteiger partial charge on any atom is 0.137 e. The lowest BCUT2D eigenvalue weighted by molar-refractivity contribution is -0.118. The molecule has 1 atom stereocenters. The summed E-state index contributed by atoms with van der Waals surface area (Å²) >= 11 is 1.72. The molecule has 0 saturated heterocycles. The van der Waals surface area contributed by atoms with Gasteiger partial charge in [-0.15, -0.1) is 11.3 Å². The summed E-state index contributed by atoms with van der Waals surface area (Å²) in [5, 5.41) is 3.36. The Morgan fingerprint density at radius 3 is 2.71 bits per heavy atom. The molecule has 0 spiro atoms. The van der Waals surface area contributed by atoms with Gasteiger partial charge in [-0.1, -0.05) is 32.0 Å². The first-order chi connectivity index (χ1) is 10.1. The zero-order valence-corrected chi connectivity index (χ0v) is 13.8. The van der Waals surface area contributed by atoms with Crippen LogP contribution in [0.5, 0.6) is 0 Å². The van der Waals surface area contributed by atoms with Gasteiger partial charge in [0.25, 0.3) is 0 Å². The van der Waals surface area contributed by atoms with Gasteiger partial charge in [-0.05, 0) is 53.6 Å². The molecule has 2 N–H and O–H groups in total. The zero-order chi connectivity index (χ0) is 15.2. The van der Waals surface area contributed by atoms with Crippen LogP contribution in [0.25, 0.3) is 10.1 Å². The Kier molecular flexibility index (Phi) is 5.95. The van der Waals surface area contributed by atoms with Crippen molar-refractivity contribution in [3.05, 3.63) is 35.2 Å². The van der Waals surface area contributed by atoms with Crippen LogP contribution in [-0.4, -0.2) is 12.3 Å². The lowest BCUT2D eigenvalue weighted by Crippen LogP contribution is -2.16. The minimum Gasteiger partial charge on any atom is -0.330 e. The molecule has 0 saturated carbocycles. The number of ketones is 1. The Hall–Kier alpha value is -1.19. The normalized spacial score (nSPS) is 13.0. The maximum atomic E-state index is 12.3. The Morgan fingerprint density at radius 1 is 1.24 bits per heavy atom. The fourth-order valence-corrected chi connectivity index (χ4v) is 3.80. The van der Waals surface area contributed by atoms with E-state index in [9.17, 15) is 4.79 Å². The van der Waals surface area contributed by atoms with Crippen molar-refractivity contribution in [2.75, 3.05) is 6.54 Å². The smallest absolute Gasteiger partial charge is 0.137 e. The molecule has 2 aromatic rings. The van der Waals surface area contributed by atoms with Gasteiger partial charge in [0, 0.05) is 17.5 Å². The highest BCUT2D eigenvalue weighted by Crippen LogP contribution is 2.27. The molecule has 0 radical (unpaired) electrons. The van der Waals surface area contributed by atoms with Gasteiger partial charge < -0.3 is 5.73 Å². The van der Waals surface area contributed by atoms with Crippen molar-refractivity contribution < 1.29 is 4.79 Å². The number of thiophene rings is 1. The second kappa shape index (κ2) is 7.71. The van der Waals surface area contributed by atoms with E-state index in [0.29, 0.717) is 37.0 Å². The predicted octanol–water partition coefficient (Wildman–Crippen LogP) is 4.41. The zero-order valence-electron chi connectivity index (χ0n) is 13.0. The fraction of sp³-hybridized carbons (Fsp3) is 0.500. The molecule has 0 bridgehead atoms. The van der Waals surface area contributed by atoms with E-state index in [-0.39, 0.29) is 0 Å². The van der Waals surface area contributed by atoms with Gasteiger partial charge in [0.2, 0.25) is 0 Å². The van der Waals surface area contributed by atoms with Gasteiger partial charge in [0.1, 0.15) is 5.78 Å². The molecule has 0 aliphatic rings. The van der Waals surface area contributed by atoms with Crippen molar-refractivity contribution in [1.82, 2.24) is 0 Å². The van der Waals surface area contributed by atoms with Crippen molar-refractivity contribution in [1.29, 1.82) is 0 Å². The van der Waals surface area contributed by atoms with E-state index >= 15 is 0 Å². The minimum absolute atomic E-state index is 0.348. The Labute approximate surface area is 131 Å². The summed E-state index contributed by atoms with van der Waals surface area (Å²) in [6, 6.07) is 8.31. The van der Waals surface area contributed by atoms with Crippen LogP contribution in [0, 0.1) is 11.8 Å². The van der Waals surface area contributed by atoms with E-state index < -0.39 is 0 Å². The molecule has 0 fully saturated rings. The third-order valence-corrected chi connectivity index (χ3v) is 5.24. The molecule has 1 aromatic carbocycles. The second-order valence-electron chi connectivity index (χ2n) is 6.09. The van der Waals surface area contributed by atoms with Crippen molar-refractivity contribution in [3.63, 3.8) is 0 Å². The van der Waals surface area contributed by atoms with Crippen LogP contribution in [0.1, 0.15) is 38.7 Å². The summed E-state index contributed by atoms with van der Waals surface area (Å²) in [5.41, 5.74) is 6.84. The molecule has 2 nitrogen and oxygen atoms in total. The Bertz CT molecular complexity index is 588. The second-order valence-corrected chi connectivity index (χ2v) is 7.00. The Morgan fingerprint density at radius 2 is 2.00 bits per heavy atom. The third kappa shape index (κ3) is 4.39. The molecule has 21 heavy (non-hydrogen) atoms. The van der Waals surface area contributed by atoms with Crippen LogP contribution in [0.3, 0.4) is 0 Å². The molecule has 0 amide bonds. The lowest BCUT2D eigenvalue weighted by atomic mass is 9.87. The van der Waals surface area contributed by atoms with Crippen LogP contribution in [0.15, 0.2) is 29.6 Å². The monoisotopic (exact) mass is 303 g/mol. The highest BCUT2D eigenvalue weighted by atomic mass is 32.1. The largest absolute Gasteiger partial charge is 0.330 e. The van der Waals surface area contributed by atoms with E-state index in [0.717, 1.165) is 12.8 Å². The highest BCUT2D eigenvalue weighted by Gasteiger charge is 2.15. The van der Waals surface area contributed by atoms with Gasteiger partial charge in [-0.3, -0.25) is 4.79 Å². The van der Waals surface area contributed by atoms with Crippen molar-refractivity contribution in [2.24, 2.45) is 17.6 Å². The number of nitrogens with two attached hydrogens (primary N) is 1. The van der Waals surface area contributed by atoms with Crippen molar-refractivity contribution >= 4 is 27.2 Å². The van der Waals surface area contributed by atoms with E-state index in [2.05, 4.69) is 31.4 Å².